The van der Waals surface area contributed by atoms with Crippen LogP contribution >= 0.6 is 23.1 Å². The highest BCUT2D eigenvalue weighted by molar-refractivity contribution is 8.02. The van der Waals surface area contributed by atoms with E-state index in [0.29, 0.717) is 24.6 Å². The van der Waals surface area contributed by atoms with Crippen molar-refractivity contribution in [3.05, 3.63) is 24.2 Å². The average Bonchev–Trinajstić information content (AvgIpc) is 3.21. The van der Waals surface area contributed by atoms with E-state index in [1.807, 2.05) is 25.1 Å². The van der Waals surface area contributed by atoms with Crippen molar-refractivity contribution in [2.75, 3.05) is 18.9 Å². The number of nitrogens with zero attached hydrogens (tertiary/aromatic N) is 4. The molecule has 2 aromatic rings. The van der Waals surface area contributed by atoms with Gasteiger partial charge in [0.2, 0.25) is 11.0 Å². The van der Waals surface area contributed by atoms with Crippen LogP contribution in [0.25, 0.3) is 0 Å². The Hall–Kier alpha value is -2.05. The molecule has 0 spiro atoms. The highest BCUT2D eigenvalue weighted by atomic mass is 32.2. The summed E-state index contributed by atoms with van der Waals surface area (Å²) in [7, 11) is 1.70. The van der Waals surface area contributed by atoms with Crippen LogP contribution in [0.5, 0.6) is 0 Å². The molecule has 1 atom stereocenters. The molecule has 0 saturated carbocycles. The number of aromatic nitrogens is 2. The minimum atomic E-state index is -0.274. The smallest absolute Gasteiger partial charge is 0.235 e. The van der Waals surface area contributed by atoms with Gasteiger partial charge in [0.1, 0.15) is 5.76 Å². The minimum Gasteiger partial charge on any atom is -0.467 e. The van der Waals surface area contributed by atoms with Crippen molar-refractivity contribution in [3.8, 4) is 6.07 Å². The first-order chi connectivity index (χ1) is 11.1. The SMILES string of the molecule is C[C@@H](Sc1nnc(NCc2ccco2)s1)C(=O)N(C)CCC#N. The van der Waals surface area contributed by atoms with E-state index in [2.05, 4.69) is 15.5 Å². The molecule has 0 aliphatic heterocycles. The van der Waals surface area contributed by atoms with Gasteiger partial charge in [0.15, 0.2) is 4.34 Å². The predicted molar refractivity (Wildman–Crippen MR) is 89.1 cm³/mol. The van der Waals surface area contributed by atoms with Crippen LogP contribution in [-0.2, 0) is 11.3 Å². The number of nitriles is 1. The number of carbonyl (C=O) groups is 1. The Morgan fingerprint density at radius 1 is 1.61 bits per heavy atom. The van der Waals surface area contributed by atoms with Crippen LogP contribution in [0.1, 0.15) is 19.1 Å². The molecule has 2 aromatic heterocycles. The highest BCUT2D eigenvalue weighted by Gasteiger charge is 2.20. The van der Waals surface area contributed by atoms with Crippen molar-refractivity contribution in [3.63, 3.8) is 0 Å². The summed E-state index contributed by atoms with van der Waals surface area (Å²) in [5.74, 6) is 0.794. The Morgan fingerprint density at radius 2 is 2.43 bits per heavy atom. The summed E-state index contributed by atoms with van der Waals surface area (Å²) in [6.45, 7) is 2.80. The van der Waals surface area contributed by atoms with Gasteiger partial charge in [0, 0.05) is 13.6 Å². The molecular weight excluding hydrogens is 334 g/mol. The Kier molecular flexibility index (Phi) is 6.43. The van der Waals surface area contributed by atoms with E-state index in [0.717, 1.165) is 10.1 Å². The number of thioether (sulfide) groups is 1. The van der Waals surface area contributed by atoms with Crippen LogP contribution in [0.3, 0.4) is 0 Å². The third kappa shape index (κ3) is 5.26. The molecule has 2 heterocycles. The molecule has 0 aliphatic carbocycles. The monoisotopic (exact) mass is 351 g/mol. The predicted octanol–water partition coefficient (Wildman–Crippen LogP) is 2.60. The lowest BCUT2D eigenvalue weighted by atomic mass is 10.3. The number of anilines is 1. The van der Waals surface area contributed by atoms with E-state index in [-0.39, 0.29) is 11.2 Å². The van der Waals surface area contributed by atoms with Gasteiger partial charge in [-0.05, 0) is 19.1 Å². The summed E-state index contributed by atoms with van der Waals surface area (Å²) in [4.78, 5) is 13.7. The summed E-state index contributed by atoms with van der Waals surface area (Å²) in [5, 5.41) is 20.2. The lowest BCUT2D eigenvalue weighted by Crippen LogP contribution is -2.33. The molecular formula is C14H17N5O2S2. The third-order valence-corrected chi connectivity index (χ3v) is 5.01. The van der Waals surface area contributed by atoms with Gasteiger partial charge in [-0.1, -0.05) is 23.1 Å². The summed E-state index contributed by atoms with van der Waals surface area (Å²) in [6, 6.07) is 5.74. The van der Waals surface area contributed by atoms with E-state index >= 15 is 0 Å². The standard InChI is InChI=1S/C14H17N5O2S2/c1-10(12(20)19(2)7-4-6-15)22-14-18-17-13(23-14)16-9-11-5-3-8-21-11/h3,5,8,10H,4,7,9H2,1-2H3,(H,16,17)/t10-/m1/s1. The maximum Gasteiger partial charge on any atom is 0.235 e. The van der Waals surface area contributed by atoms with E-state index in [1.165, 1.54) is 23.1 Å². The maximum atomic E-state index is 12.2. The van der Waals surface area contributed by atoms with Crippen LogP contribution in [0, 0.1) is 11.3 Å². The molecule has 122 valence electrons. The van der Waals surface area contributed by atoms with Gasteiger partial charge in [-0.25, -0.2) is 0 Å². The molecule has 23 heavy (non-hydrogen) atoms. The fraction of sp³-hybridized carbons (Fsp3) is 0.429. The topological polar surface area (TPSA) is 95.1 Å². The largest absolute Gasteiger partial charge is 0.467 e. The second-order valence-corrected chi connectivity index (χ2v) is 7.30. The van der Waals surface area contributed by atoms with Crippen molar-refractivity contribution in [1.29, 1.82) is 5.26 Å². The molecule has 9 heteroatoms. The summed E-state index contributed by atoms with van der Waals surface area (Å²) < 4.78 is 5.96. The second-order valence-electron chi connectivity index (χ2n) is 4.73. The Balaban J connectivity index is 1.83. The van der Waals surface area contributed by atoms with Crippen molar-refractivity contribution in [1.82, 2.24) is 15.1 Å². The first-order valence-electron chi connectivity index (χ1n) is 6.98. The number of nitrogens with one attached hydrogen (secondary N) is 1. The van der Waals surface area contributed by atoms with Gasteiger partial charge < -0.3 is 14.6 Å². The summed E-state index contributed by atoms with van der Waals surface area (Å²) in [6.07, 6.45) is 1.95. The normalized spacial score (nSPS) is 11.7. The van der Waals surface area contributed by atoms with Crippen LogP contribution in [0.4, 0.5) is 5.13 Å². The number of rotatable bonds is 8. The Labute approximate surface area is 142 Å². The molecule has 2 rings (SSSR count). The van der Waals surface area contributed by atoms with E-state index in [4.69, 9.17) is 9.68 Å². The van der Waals surface area contributed by atoms with Crippen LogP contribution in [0.15, 0.2) is 27.2 Å². The maximum absolute atomic E-state index is 12.2. The van der Waals surface area contributed by atoms with Crippen LogP contribution in [0.2, 0.25) is 0 Å². The average molecular weight is 351 g/mol. The molecule has 0 saturated heterocycles. The zero-order chi connectivity index (χ0) is 16.7. The third-order valence-electron chi connectivity index (χ3n) is 2.96. The molecule has 1 amide bonds. The number of furan rings is 1. The van der Waals surface area contributed by atoms with Gasteiger partial charge in [-0.15, -0.1) is 10.2 Å². The van der Waals surface area contributed by atoms with Crippen molar-refractivity contribution in [2.45, 2.75) is 29.5 Å². The second kappa shape index (κ2) is 8.55. The van der Waals surface area contributed by atoms with E-state index in [1.54, 1.807) is 18.2 Å². The van der Waals surface area contributed by atoms with Gasteiger partial charge in [0.05, 0.1) is 30.5 Å². The molecule has 1 N–H and O–H groups in total. The van der Waals surface area contributed by atoms with Crippen molar-refractivity contribution in [2.24, 2.45) is 0 Å². The van der Waals surface area contributed by atoms with Gasteiger partial charge >= 0.3 is 0 Å². The minimum absolute atomic E-state index is 0.0226. The highest BCUT2D eigenvalue weighted by Crippen LogP contribution is 2.29. The molecule has 0 bridgehead atoms. The number of carbonyl (C=O) groups excluding carboxylic acids is 1. The molecule has 0 aliphatic rings. The van der Waals surface area contributed by atoms with Gasteiger partial charge in [0.25, 0.3) is 0 Å². The van der Waals surface area contributed by atoms with Gasteiger partial charge in [-0.3, -0.25) is 4.79 Å². The van der Waals surface area contributed by atoms with Crippen molar-refractivity contribution >= 4 is 34.1 Å². The Bertz CT molecular complexity index is 665. The van der Waals surface area contributed by atoms with Crippen molar-refractivity contribution < 1.29 is 9.21 Å². The van der Waals surface area contributed by atoms with Crippen LogP contribution < -0.4 is 5.32 Å². The zero-order valence-electron chi connectivity index (χ0n) is 12.9. The van der Waals surface area contributed by atoms with Gasteiger partial charge in [-0.2, -0.15) is 5.26 Å². The summed E-state index contributed by atoms with van der Waals surface area (Å²) >= 11 is 2.76. The molecule has 0 radical (unpaired) electrons. The summed E-state index contributed by atoms with van der Waals surface area (Å²) in [5.41, 5.74) is 0. The number of amides is 1. The fourth-order valence-electron chi connectivity index (χ4n) is 1.74. The molecule has 0 unspecified atom stereocenters. The quantitative estimate of drug-likeness (QED) is 0.730. The number of hydrogen-bond donors (Lipinski definition) is 1. The number of hydrogen-bond acceptors (Lipinski definition) is 8. The lowest BCUT2D eigenvalue weighted by molar-refractivity contribution is -0.128. The Morgan fingerprint density at radius 3 is 3.13 bits per heavy atom. The molecule has 7 nitrogen and oxygen atoms in total. The first kappa shape index (κ1) is 17.3. The lowest BCUT2D eigenvalue weighted by Gasteiger charge is -2.18. The van der Waals surface area contributed by atoms with E-state index in [9.17, 15) is 4.79 Å². The molecule has 0 fully saturated rings. The van der Waals surface area contributed by atoms with E-state index < -0.39 is 0 Å². The fourth-order valence-corrected chi connectivity index (χ4v) is 3.75. The first-order valence-corrected chi connectivity index (χ1v) is 8.68. The molecule has 0 aromatic carbocycles. The zero-order valence-corrected chi connectivity index (χ0v) is 14.5. The van der Waals surface area contributed by atoms with Crippen LogP contribution in [-0.4, -0.2) is 39.8 Å².